The first kappa shape index (κ1) is 38.4. The molecule has 0 amide bonds. The molecule has 1 aromatic rings. The van der Waals surface area contributed by atoms with E-state index in [2.05, 4.69) is 16.4 Å². The lowest BCUT2D eigenvalue weighted by Gasteiger charge is -2.37. The minimum absolute atomic E-state index is 0.240. The lowest BCUT2D eigenvalue weighted by molar-refractivity contribution is -0.414. The standard InChI is InChI=1S/C33H39F11O4/c1-2-3-19-4-6-20(7-5-19)23-17-45-30(46-18-23)21-8-10-24(11-9-21)31(38,39)47-25(12-13-34)16-26(35)22-14-27(36)29(28(37)15-22)32(40,41)48-33(42,43)44/h8-12,19-20,22-23,26-27,30H,2-7,13-18H2,1H3/b25-12+/t19?,20?,22-,23?,26?,27?,30?/m0/s1. The number of hydrogen-bond acceptors (Lipinski definition) is 4. The van der Waals surface area contributed by atoms with Crippen LogP contribution in [0.15, 0.2) is 47.5 Å². The highest BCUT2D eigenvalue weighted by Crippen LogP contribution is 2.46. The summed E-state index contributed by atoms with van der Waals surface area (Å²) in [4.78, 5) is 0. The van der Waals surface area contributed by atoms with Crippen molar-refractivity contribution in [2.75, 3.05) is 19.9 Å². The maximum absolute atomic E-state index is 15.1. The van der Waals surface area contributed by atoms with Gasteiger partial charge in [-0.1, -0.05) is 44.7 Å². The summed E-state index contributed by atoms with van der Waals surface area (Å²) < 4.78 is 171. The number of ether oxygens (including phenoxy) is 4. The first-order chi connectivity index (χ1) is 22.5. The van der Waals surface area contributed by atoms with Gasteiger partial charge < -0.3 is 14.2 Å². The second kappa shape index (κ2) is 16.1. The van der Waals surface area contributed by atoms with Crippen LogP contribution < -0.4 is 0 Å². The molecule has 1 aliphatic heterocycles. The average molecular weight is 709 g/mol. The van der Waals surface area contributed by atoms with Gasteiger partial charge in [-0.05, 0) is 55.2 Å². The second-order valence-corrected chi connectivity index (χ2v) is 12.7. The third-order valence-corrected chi connectivity index (χ3v) is 9.28. The van der Waals surface area contributed by atoms with Gasteiger partial charge in [-0.25, -0.2) is 22.3 Å². The molecule has 2 fully saturated rings. The van der Waals surface area contributed by atoms with E-state index in [4.69, 9.17) is 9.47 Å². The van der Waals surface area contributed by atoms with Crippen molar-refractivity contribution < 1.29 is 67.2 Å². The number of benzene rings is 1. The molecule has 0 radical (unpaired) electrons. The SMILES string of the molecule is CCCC1CCC(C2COC(c3ccc(C(F)(F)O/C(=C/CF)CC(F)[C@@H]4CC(F)=C(C(F)(F)OC(F)(F)F)C(F)C4)cc3)OC2)CC1. The van der Waals surface area contributed by atoms with Crippen LogP contribution >= 0.6 is 0 Å². The van der Waals surface area contributed by atoms with Crippen LogP contribution in [0.5, 0.6) is 0 Å². The second-order valence-electron chi connectivity index (χ2n) is 12.7. The fourth-order valence-electron chi connectivity index (χ4n) is 6.80. The van der Waals surface area contributed by atoms with Crippen LogP contribution in [0, 0.1) is 23.7 Å². The molecule has 3 aliphatic rings. The van der Waals surface area contributed by atoms with Gasteiger partial charge in [0.15, 0.2) is 6.29 Å². The Morgan fingerprint density at radius 2 is 1.56 bits per heavy atom. The first-order valence-corrected chi connectivity index (χ1v) is 16.0. The van der Waals surface area contributed by atoms with E-state index in [-0.39, 0.29) is 5.92 Å². The molecule has 0 N–H and O–H groups in total. The average Bonchev–Trinajstić information content (AvgIpc) is 3.00. The molecule has 48 heavy (non-hydrogen) atoms. The highest BCUT2D eigenvalue weighted by atomic mass is 19.4. The predicted octanol–water partition coefficient (Wildman–Crippen LogP) is 10.7. The Morgan fingerprint density at radius 3 is 2.10 bits per heavy atom. The number of halogens is 11. The normalized spacial score (nSPS) is 28.8. The number of allylic oxidation sites excluding steroid dienone is 3. The van der Waals surface area contributed by atoms with Crippen LogP contribution in [0.25, 0.3) is 0 Å². The van der Waals surface area contributed by atoms with Crippen molar-refractivity contribution in [2.45, 2.75) is 102 Å². The van der Waals surface area contributed by atoms with E-state index in [1.165, 1.54) is 37.8 Å². The Kier molecular flexibility index (Phi) is 12.9. The molecule has 15 heteroatoms. The van der Waals surface area contributed by atoms with Crippen molar-refractivity contribution in [3.05, 3.63) is 58.6 Å². The molecule has 272 valence electrons. The summed E-state index contributed by atoms with van der Waals surface area (Å²) in [5, 5.41) is 0. The molecule has 1 heterocycles. The van der Waals surface area contributed by atoms with Gasteiger partial charge in [-0.15, -0.1) is 13.2 Å². The van der Waals surface area contributed by atoms with Crippen molar-refractivity contribution in [2.24, 2.45) is 23.7 Å². The highest BCUT2D eigenvalue weighted by molar-refractivity contribution is 5.26. The third-order valence-electron chi connectivity index (χ3n) is 9.28. The van der Waals surface area contributed by atoms with Crippen molar-refractivity contribution in [1.82, 2.24) is 0 Å². The predicted molar refractivity (Wildman–Crippen MR) is 151 cm³/mol. The summed E-state index contributed by atoms with van der Waals surface area (Å²) in [5.41, 5.74) is -2.47. The van der Waals surface area contributed by atoms with Crippen molar-refractivity contribution in [3.8, 4) is 0 Å². The van der Waals surface area contributed by atoms with Crippen molar-refractivity contribution in [1.29, 1.82) is 0 Å². The van der Waals surface area contributed by atoms with Crippen LogP contribution in [0.2, 0.25) is 0 Å². The smallest absolute Gasteiger partial charge is 0.434 e. The lowest BCUT2D eigenvalue weighted by Crippen LogP contribution is -2.39. The molecule has 4 nitrogen and oxygen atoms in total. The number of alkyl halides is 10. The van der Waals surface area contributed by atoms with Gasteiger partial charge >= 0.3 is 18.6 Å². The Balaban J connectivity index is 1.32. The van der Waals surface area contributed by atoms with Gasteiger partial charge in [0, 0.05) is 24.3 Å². The fraction of sp³-hybridized carbons (Fsp3) is 0.697. The van der Waals surface area contributed by atoms with Gasteiger partial charge in [0.1, 0.15) is 30.6 Å². The van der Waals surface area contributed by atoms with E-state index in [0.29, 0.717) is 30.8 Å². The molecule has 4 rings (SSSR count). The maximum Gasteiger partial charge on any atom is 0.527 e. The number of rotatable bonds is 13. The Bertz CT molecular complexity index is 1230. The molecule has 2 unspecified atom stereocenters. The Morgan fingerprint density at radius 1 is 0.938 bits per heavy atom. The van der Waals surface area contributed by atoms with E-state index in [1.54, 1.807) is 0 Å². The monoisotopic (exact) mass is 708 g/mol. The zero-order chi connectivity index (χ0) is 35.3. The Hall–Kier alpha value is -2.39. The van der Waals surface area contributed by atoms with Gasteiger partial charge in [0.25, 0.3) is 0 Å². The van der Waals surface area contributed by atoms with Gasteiger partial charge in [0.05, 0.1) is 24.4 Å². The molecular formula is C33H39F11O4. The van der Waals surface area contributed by atoms with Crippen LogP contribution in [-0.4, -0.2) is 44.7 Å². The van der Waals surface area contributed by atoms with E-state index in [9.17, 15) is 35.1 Å². The molecule has 0 bridgehead atoms. The van der Waals surface area contributed by atoms with Crippen LogP contribution in [0.1, 0.15) is 82.1 Å². The van der Waals surface area contributed by atoms with Crippen molar-refractivity contribution >= 4 is 0 Å². The topological polar surface area (TPSA) is 36.9 Å². The molecule has 3 atom stereocenters. The van der Waals surface area contributed by atoms with Crippen LogP contribution in [-0.2, 0) is 25.1 Å². The number of hydrogen-bond donors (Lipinski definition) is 0. The minimum atomic E-state index is -5.93. The Labute approximate surface area is 271 Å². The van der Waals surface area contributed by atoms with Gasteiger partial charge in [-0.3, -0.25) is 0 Å². The van der Waals surface area contributed by atoms with Crippen LogP contribution in [0.3, 0.4) is 0 Å². The van der Waals surface area contributed by atoms with E-state index >= 15 is 13.2 Å². The van der Waals surface area contributed by atoms with E-state index in [0.717, 1.165) is 30.9 Å². The molecule has 2 aliphatic carbocycles. The molecular weight excluding hydrogens is 669 g/mol. The highest BCUT2D eigenvalue weighted by Gasteiger charge is 2.54. The summed E-state index contributed by atoms with van der Waals surface area (Å²) in [6, 6.07) is 4.70. The van der Waals surface area contributed by atoms with Crippen LogP contribution in [0.4, 0.5) is 48.3 Å². The molecule has 0 aromatic heterocycles. The zero-order valence-electron chi connectivity index (χ0n) is 26.2. The van der Waals surface area contributed by atoms with E-state index in [1.807, 2.05) is 0 Å². The lowest BCUT2D eigenvalue weighted by atomic mass is 9.75. The third kappa shape index (κ3) is 10.1. The maximum atomic E-state index is 15.1. The summed E-state index contributed by atoms with van der Waals surface area (Å²) >= 11 is 0. The zero-order valence-corrected chi connectivity index (χ0v) is 26.2. The largest absolute Gasteiger partial charge is 0.527 e. The van der Waals surface area contributed by atoms with Gasteiger partial charge in [0.2, 0.25) is 0 Å². The quantitative estimate of drug-likeness (QED) is 0.151. The summed E-state index contributed by atoms with van der Waals surface area (Å²) in [7, 11) is 0. The summed E-state index contributed by atoms with van der Waals surface area (Å²) in [5.74, 6) is -3.27. The summed E-state index contributed by atoms with van der Waals surface area (Å²) in [6.45, 7) is 1.73. The molecule has 1 saturated heterocycles. The fourth-order valence-corrected chi connectivity index (χ4v) is 6.80. The van der Waals surface area contributed by atoms with E-state index < -0.39 is 91.8 Å². The first-order valence-electron chi connectivity index (χ1n) is 16.0. The van der Waals surface area contributed by atoms with Gasteiger partial charge in [-0.2, -0.15) is 17.6 Å². The summed E-state index contributed by atoms with van der Waals surface area (Å²) in [6.07, 6.45) is -17.9. The molecule has 0 spiro atoms. The molecule has 1 aromatic carbocycles. The molecule has 1 saturated carbocycles. The minimum Gasteiger partial charge on any atom is -0.434 e. The van der Waals surface area contributed by atoms with Crippen molar-refractivity contribution in [3.63, 3.8) is 0 Å².